The molecule has 0 aromatic rings. The van der Waals surface area contributed by atoms with E-state index in [1.807, 2.05) is 0 Å². The van der Waals surface area contributed by atoms with Crippen molar-refractivity contribution in [2.45, 2.75) is 26.0 Å². The molecule has 0 rings (SSSR count). The van der Waals surface area contributed by atoms with E-state index in [-0.39, 0.29) is 48.0 Å². The third kappa shape index (κ3) is 9.08. The van der Waals surface area contributed by atoms with Gasteiger partial charge in [-0.25, -0.2) is 0 Å². The Hall–Kier alpha value is 1.08. The summed E-state index contributed by atoms with van der Waals surface area (Å²) in [5.74, 6) is -0.842. The Labute approximate surface area is 94.4 Å². The first-order valence-electron chi connectivity index (χ1n) is 2.09. The SMILES string of the molecule is C.CCC(S)C(=O)O.[Ca+2].[H-].[H-]. The molecule has 0 aliphatic heterocycles. The molecule has 0 aromatic heterocycles. The zero-order valence-electron chi connectivity index (χ0n) is 6.79. The van der Waals surface area contributed by atoms with Gasteiger partial charge < -0.3 is 7.96 Å². The Kier molecular flexibility index (Phi) is 16.7. The van der Waals surface area contributed by atoms with E-state index >= 15 is 0 Å². The maximum absolute atomic E-state index is 9.85. The van der Waals surface area contributed by atoms with Gasteiger partial charge in [-0.05, 0) is 6.42 Å². The summed E-state index contributed by atoms with van der Waals surface area (Å²) in [4.78, 5) is 9.85. The quantitative estimate of drug-likeness (QED) is 0.493. The zero-order valence-corrected chi connectivity index (χ0v) is 7.90. The van der Waals surface area contributed by atoms with Gasteiger partial charge in [0.15, 0.2) is 0 Å². The molecule has 0 aliphatic carbocycles. The Morgan fingerprint density at radius 3 is 2.22 bits per heavy atom. The van der Waals surface area contributed by atoms with Crippen molar-refractivity contribution in [2.24, 2.45) is 0 Å². The van der Waals surface area contributed by atoms with Crippen LogP contribution in [-0.2, 0) is 4.79 Å². The van der Waals surface area contributed by atoms with Crippen molar-refractivity contribution in [3.63, 3.8) is 0 Å². The summed E-state index contributed by atoms with van der Waals surface area (Å²) in [6.07, 6.45) is 0.582. The number of carboxylic acids is 1. The average molecular weight is 178 g/mol. The van der Waals surface area contributed by atoms with Crippen LogP contribution in [0.2, 0.25) is 0 Å². The molecule has 1 N–H and O–H groups in total. The summed E-state index contributed by atoms with van der Waals surface area (Å²) in [7, 11) is 0. The summed E-state index contributed by atoms with van der Waals surface area (Å²) in [5, 5.41) is 7.62. The minimum atomic E-state index is -0.842. The minimum absolute atomic E-state index is 0. The molecule has 54 valence electrons. The van der Waals surface area contributed by atoms with Crippen LogP contribution in [0.15, 0.2) is 0 Å². The smallest absolute Gasteiger partial charge is 1.00 e. The number of hydrogen-bond donors (Lipinski definition) is 2. The van der Waals surface area contributed by atoms with E-state index in [9.17, 15) is 4.79 Å². The molecule has 0 amide bonds. The third-order valence-corrected chi connectivity index (χ3v) is 1.26. The van der Waals surface area contributed by atoms with Crippen LogP contribution >= 0.6 is 12.6 Å². The van der Waals surface area contributed by atoms with Gasteiger partial charge in [0, 0.05) is 0 Å². The average Bonchev–Trinajstić information content (AvgIpc) is 1.65. The third-order valence-electron chi connectivity index (χ3n) is 0.672. The van der Waals surface area contributed by atoms with Crippen LogP contribution in [0, 0.1) is 0 Å². The summed E-state index contributed by atoms with van der Waals surface area (Å²) in [5.41, 5.74) is 0. The van der Waals surface area contributed by atoms with Crippen LogP contribution in [0.5, 0.6) is 0 Å². The van der Waals surface area contributed by atoms with Crippen molar-refractivity contribution < 1.29 is 12.8 Å². The zero-order chi connectivity index (χ0) is 5.86. The summed E-state index contributed by atoms with van der Waals surface area (Å²) < 4.78 is 0. The minimum Gasteiger partial charge on any atom is -1.00 e. The van der Waals surface area contributed by atoms with Crippen molar-refractivity contribution in [1.29, 1.82) is 0 Å². The maximum Gasteiger partial charge on any atom is 2.00 e. The molecule has 9 heavy (non-hydrogen) atoms. The molecule has 0 fully saturated rings. The summed E-state index contributed by atoms with van der Waals surface area (Å²) >= 11 is 3.73. The van der Waals surface area contributed by atoms with Crippen LogP contribution in [-0.4, -0.2) is 54.1 Å². The van der Waals surface area contributed by atoms with E-state index in [0.717, 1.165) is 0 Å². The van der Waals surface area contributed by atoms with Gasteiger partial charge >= 0.3 is 43.7 Å². The number of thiol groups is 1. The van der Waals surface area contributed by atoms with Gasteiger partial charge in [-0.3, -0.25) is 4.79 Å². The van der Waals surface area contributed by atoms with Gasteiger partial charge in [-0.2, -0.15) is 12.6 Å². The van der Waals surface area contributed by atoms with Crippen molar-refractivity contribution in [3.8, 4) is 0 Å². The topological polar surface area (TPSA) is 37.3 Å². The Morgan fingerprint density at radius 2 is 2.22 bits per heavy atom. The Bertz CT molecular complexity index is 84.9. The Morgan fingerprint density at radius 1 is 1.89 bits per heavy atom. The van der Waals surface area contributed by atoms with Crippen LogP contribution in [0.25, 0.3) is 0 Å². The fraction of sp³-hybridized carbons (Fsp3) is 0.800. The molecule has 0 radical (unpaired) electrons. The fourth-order valence-corrected chi connectivity index (χ4v) is 0.175. The molecule has 0 heterocycles. The molecule has 0 saturated carbocycles. The molecule has 4 heteroatoms. The molecule has 0 aliphatic rings. The molecule has 0 bridgehead atoms. The predicted molar refractivity (Wildman–Crippen MR) is 45.4 cm³/mol. The molecular formula is C5H14CaO2S. The summed E-state index contributed by atoms with van der Waals surface area (Å²) in [6.45, 7) is 1.78. The van der Waals surface area contributed by atoms with E-state index in [0.29, 0.717) is 6.42 Å². The monoisotopic (exact) mass is 178 g/mol. The second kappa shape index (κ2) is 9.08. The van der Waals surface area contributed by atoms with Gasteiger partial charge in [0.2, 0.25) is 0 Å². The normalized spacial score (nSPS) is 10.4. The number of aliphatic carboxylic acids is 1. The number of carboxylic acid groups (broad SMARTS) is 1. The van der Waals surface area contributed by atoms with Crippen molar-refractivity contribution in [1.82, 2.24) is 0 Å². The van der Waals surface area contributed by atoms with Crippen molar-refractivity contribution in [3.05, 3.63) is 0 Å². The van der Waals surface area contributed by atoms with E-state index < -0.39 is 11.2 Å². The molecule has 0 saturated heterocycles. The first-order valence-corrected chi connectivity index (χ1v) is 2.61. The number of carbonyl (C=O) groups is 1. The maximum atomic E-state index is 9.85. The van der Waals surface area contributed by atoms with Gasteiger partial charge in [-0.15, -0.1) is 0 Å². The van der Waals surface area contributed by atoms with Crippen LogP contribution < -0.4 is 0 Å². The van der Waals surface area contributed by atoms with E-state index in [2.05, 4.69) is 12.6 Å². The van der Waals surface area contributed by atoms with Gasteiger partial charge in [0.1, 0.15) is 0 Å². The summed E-state index contributed by atoms with van der Waals surface area (Å²) in [6, 6.07) is 0. The fourth-order valence-electron chi connectivity index (χ4n) is 0.175. The van der Waals surface area contributed by atoms with Gasteiger partial charge in [0.05, 0.1) is 5.25 Å². The molecule has 0 aromatic carbocycles. The first-order chi connectivity index (χ1) is 3.18. The molecular weight excluding hydrogens is 164 g/mol. The van der Waals surface area contributed by atoms with Crippen molar-refractivity contribution in [2.75, 3.05) is 0 Å². The molecule has 0 spiro atoms. The molecule has 2 nitrogen and oxygen atoms in total. The van der Waals surface area contributed by atoms with E-state index in [1.54, 1.807) is 6.92 Å². The van der Waals surface area contributed by atoms with Crippen LogP contribution in [0.1, 0.15) is 23.6 Å². The van der Waals surface area contributed by atoms with Crippen LogP contribution in [0.3, 0.4) is 0 Å². The van der Waals surface area contributed by atoms with Crippen LogP contribution in [0.4, 0.5) is 0 Å². The van der Waals surface area contributed by atoms with Gasteiger partial charge in [-0.1, -0.05) is 14.4 Å². The van der Waals surface area contributed by atoms with E-state index in [4.69, 9.17) is 5.11 Å². The number of rotatable bonds is 2. The number of hydrogen-bond acceptors (Lipinski definition) is 2. The predicted octanol–water partition coefficient (Wildman–Crippen LogP) is 1.26. The Balaban J connectivity index is -0.0000000300. The molecule has 1 atom stereocenters. The molecule has 1 unspecified atom stereocenters. The standard InChI is InChI=1S/C4H8O2S.CH4.Ca.2H/c1-2-3(7)4(5)6;;;;/h3,7H,2H2,1H3,(H,5,6);1H4;;;/q;;+2;2*-1. The second-order valence-electron chi connectivity index (χ2n) is 1.26. The van der Waals surface area contributed by atoms with Gasteiger partial charge in [0.25, 0.3) is 0 Å². The van der Waals surface area contributed by atoms with E-state index in [1.165, 1.54) is 0 Å². The first kappa shape index (κ1) is 16.6. The largest absolute Gasteiger partial charge is 2.00 e. The second-order valence-corrected chi connectivity index (χ2v) is 1.89. The van der Waals surface area contributed by atoms with Crippen molar-refractivity contribution >= 4 is 56.3 Å².